The molecule has 19 heavy (non-hydrogen) atoms. The molecule has 0 saturated carbocycles. The van der Waals surface area contributed by atoms with Crippen molar-refractivity contribution >= 4 is 21.6 Å². The molecular weight excluding hydrogens is 304 g/mol. The van der Waals surface area contributed by atoms with Crippen molar-refractivity contribution in [1.82, 2.24) is 14.4 Å². The molecule has 0 saturated heterocycles. The molecule has 5 heteroatoms. The van der Waals surface area contributed by atoms with Crippen LogP contribution in [0.5, 0.6) is 0 Å². The van der Waals surface area contributed by atoms with Gasteiger partial charge in [-0.1, -0.05) is 28.1 Å². The quantitative estimate of drug-likeness (QED) is 0.808. The fourth-order valence-electron chi connectivity index (χ4n) is 2.10. The largest absolute Gasteiger partial charge is 0.330 e. The molecule has 0 amide bonds. The highest BCUT2D eigenvalue weighted by Crippen LogP contribution is 2.25. The second-order valence-corrected chi connectivity index (χ2v) is 5.24. The van der Waals surface area contributed by atoms with E-state index in [9.17, 15) is 0 Å². The predicted octanol–water partition coefficient (Wildman–Crippen LogP) is 2.66. The zero-order valence-electron chi connectivity index (χ0n) is 10.3. The maximum Gasteiger partial charge on any atom is 0.147 e. The van der Waals surface area contributed by atoms with Gasteiger partial charge >= 0.3 is 0 Å². The minimum absolute atomic E-state index is 0.601. The van der Waals surface area contributed by atoms with Crippen LogP contribution in [0.4, 0.5) is 0 Å². The van der Waals surface area contributed by atoms with E-state index in [4.69, 9.17) is 5.73 Å². The number of benzene rings is 1. The average molecular weight is 317 g/mol. The van der Waals surface area contributed by atoms with Crippen molar-refractivity contribution in [3.05, 3.63) is 53.2 Å². The van der Waals surface area contributed by atoms with Crippen LogP contribution in [-0.4, -0.2) is 20.9 Å². The Labute approximate surface area is 119 Å². The molecule has 2 heterocycles. The second kappa shape index (κ2) is 5.11. The van der Waals surface area contributed by atoms with Crippen molar-refractivity contribution in [2.75, 3.05) is 6.54 Å². The molecule has 3 rings (SSSR count). The Hall–Kier alpha value is -1.72. The van der Waals surface area contributed by atoms with Crippen molar-refractivity contribution in [1.29, 1.82) is 0 Å². The van der Waals surface area contributed by atoms with Crippen LogP contribution >= 0.6 is 15.9 Å². The predicted molar refractivity (Wildman–Crippen MR) is 78.9 cm³/mol. The van der Waals surface area contributed by atoms with Crippen molar-refractivity contribution in [2.24, 2.45) is 5.73 Å². The molecule has 0 aliphatic heterocycles. The maximum absolute atomic E-state index is 5.58. The molecular formula is C14H13BrN4. The first-order valence-electron chi connectivity index (χ1n) is 6.05. The van der Waals surface area contributed by atoms with Crippen LogP contribution < -0.4 is 5.73 Å². The van der Waals surface area contributed by atoms with Gasteiger partial charge in [0.2, 0.25) is 0 Å². The smallest absolute Gasteiger partial charge is 0.147 e. The highest BCUT2D eigenvalue weighted by atomic mass is 79.9. The number of nitrogens with two attached hydrogens (primary N) is 1. The molecule has 2 aromatic heterocycles. The Balaban J connectivity index is 2.18. The third kappa shape index (κ3) is 2.39. The van der Waals surface area contributed by atoms with Gasteiger partial charge in [0.15, 0.2) is 0 Å². The van der Waals surface area contributed by atoms with Gasteiger partial charge in [-0.15, -0.1) is 0 Å². The molecule has 0 atom stereocenters. The average Bonchev–Trinajstić information content (AvgIpc) is 2.81. The summed E-state index contributed by atoms with van der Waals surface area (Å²) in [5.74, 6) is 0. The summed E-state index contributed by atoms with van der Waals surface area (Å²) in [4.78, 5) is 8.90. The van der Waals surface area contributed by atoms with Gasteiger partial charge in [-0.25, -0.2) is 9.97 Å². The van der Waals surface area contributed by atoms with Crippen LogP contribution in [-0.2, 0) is 6.42 Å². The highest BCUT2D eigenvalue weighted by molar-refractivity contribution is 9.10. The molecule has 0 bridgehead atoms. The third-order valence-electron chi connectivity index (χ3n) is 2.95. The second-order valence-electron chi connectivity index (χ2n) is 4.32. The molecule has 0 aliphatic rings. The molecule has 3 aromatic rings. The summed E-state index contributed by atoms with van der Waals surface area (Å²) in [6, 6.07) is 8.13. The summed E-state index contributed by atoms with van der Waals surface area (Å²) < 4.78 is 2.99. The zero-order chi connectivity index (χ0) is 13.2. The topological polar surface area (TPSA) is 56.2 Å². The van der Waals surface area contributed by atoms with E-state index in [1.54, 1.807) is 6.33 Å². The van der Waals surface area contributed by atoms with E-state index in [0.29, 0.717) is 6.54 Å². The van der Waals surface area contributed by atoms with Gasteiger partial charge in [-0.05, 0) is 24.2 Å². The van der Waals surface area contributed by atoms with Crippen LogP contribution in [0.1, 0.15) is 5.69 Å². The molecule has 0 radical (unpaired) electrons. The van der Waals surface area contributed by atoms with Crippen molar-refractivity contribution < 1.29 is 0 Å². The normalized spacial score (nSPS) is 11.1. The van der Waals surface area contributed by atoms with Crippen LogP contribution in [0.25, 0.3) is 16.8 Å². The summed E-state index contributed by atoms with van der Waals surface area (Å²) in [6.07, 6.45) is 6.37. The van der Waals surface area contributed by atoms with E-state index in [2.05, 4.69) is 38.0 Å². The minimum atomic E-state index is 0.601. The lowest BCUT2D eigenvalue weighted by Crippen LogP contribution is -2.02. The Morgan fingerprint density at radius 2 is 2.21 bits per heavy atom. The Kier molecular flexibility index (Phi) is 3.31. The summed E-state index contributed by atoms with van der Waals surface area (Å²) in [6.45, 7) is 0.601. The zero-order valence-corrected chi connectivity index (χ0v) is 11.8. The van der Waals surface area contributed by atoms with Crippen molar-refractivity contribution in [3.63, 3.8) is 0 Å². The fraction of sp³-hybridized carbons (Fsp3) is 0.143. The monoisotopic (exact) mass is 316 g/mol. The number of fused-ring (bicyclic) bond motifs is 1. The van der Waals surface area contributed by atoms with E-state index in [1.807, 2.05) is 28.9 Å². The maximum atomic E-state index is 5.58. The first-order chi connectivity index (χ1) is 9.28. The number of imidazole rings is 1. The van der Waals surface area contributed by atoms with E-state index in [1.165, 1.54) is 0 Å². The van der Waals surface area contributed by atoms with Gasteiger partial charge in [-0.3, -0.25) is 4.40 Å². The lowest BCUT2D eigenvalue weighted by atomic mass is 10.1. The number of hydrogen-bond donors (Lipinski definition) is 1. The highest BCUT2D eigenvalue weighted by Gasteiger charge is 2.08. The molecule has 96 valence electrons. The molecule has 4 nitrogen and oxygen atoms in total. The molecule has 0 spiro atoms. The van der Waals surface area contributed by atoms with Gasteiger partial charge < -0.3 is 5.73 Å². The van der Waals surface area contributed by atoms with Crippen LogP contribution in [0.15, 0.2) is 47.5 Å². The van der Waals surface area contributed by atoms with E-state index in [0.717, 1.165) is 33.4 Å². The van der Waals surface area contributed by atoms with Crippen molar-refractivity contribution in [3.8, 4) is 11.1 Å². The Bertz CT molecular complexity index is 720. The number of aromatic nitrogens is 3. The minimum Gasteiger partial charge on any atom is -0.330 e. The van der Waals surface area contributed by atoms with Gasteiger partial charge in [0.1, 0.15) is 12.0 Å². The number of rotatable bonds is 3. The summed E-state index contributed by atoms with van der Waals surface area (Å²) in [5, 5.41) is 0. The number of halogens is 1. The lowest BCUT2D eigenvalue weighted by Gasteiger charge is -2.03. The lowest BCUT2D eigenvalue weighted by molar-refractivity contribution is 0.936. The summed E-state index contributed by atoms with van der Waals surface area (Å²) in [5.41, 5.74) is 9.60. The van der Waals surface area contributed by atoms with E-state index in [-0.39, 0.29) is 0 Å². The van der Waals surface area contributed by atoms with Crippen LogP contribution in [0.2, 0.25) is 0 Å². The molecule has 0 unspecified atom stereocenters. The molecule has 2 N–H and O–H groups in total. The van der Waals surface area contributed by atoms with Gasteiger partial charge in [0, 0.05) is 28.9 Å². The summed E-state index contributed by atoms with van der Waals surface area (Å²) in [7, 11) is 0. The van der Waals surface area contributed by atoms with E-state index >= 15 is 0 Å². The fourth-order valence-corrected chi connectivity index (χ4v) is 2.50. The van der Waals surface area contributed by atoms with Gasteiger partial charge in [0.05, 0.1) is 5.69 Å². The van der Waals surface area contributed by atoms with Gasteiger partial charge in [0.25, 0.3) is 0 Å². The van der Waals surface area contributed by atoms with E-state index < -0.39 is 0 Å². The summed E-state index contributed by atoms with van der Waals surface area (Å²) >= 11 is 3.49. The molecule has 0 aliphatic carbocycles. The Morgan fingerprint density at radius 3 is 3.00 bits per heavy atom. The molecule has 1 aromatic carbocycles. The Morgan fingerprint density at radius 1 is 1.32 bits per heavy atom. The van der Waals surface area contributed by atoms with Gasteiger partial charge in [-0.2, -0.15) is 0 Å². The standard InChI is InChI=1S/C14H13BrN4/c15-11-3-1-2-10(6-11)13-7-17-9-19-8-12(4-5-16)18-14(13)19/h1-3,6-9H,4-5,16H2. The van der Waals surface area contributed by atoms with Crippen LogP contribution in [0, 0.1) is 0 Å². The SMILES string of the molecule is NCCc1cn2cncc(-c3cccc(Br)c3)c2n1. The number of hydrogen-bond acceptors (Lipinski definition) is 3. The molecule has 0 fully saturated rings. The van der Waals surface area contributed by atoms with Crippen molar-refractivity contribution in [2.45, 2.75) is 6.42 Å². The van der Waals surface area contributed by atoms with Crippen LogP contribution in [0.3, 0.4) is 0 Å². The third-order valence-corrected chi connectivity index (χ3v) is 3.45. The first kappa shape index (κ1) is 12.3. The first-order valence-corrected chi connectivity index (χ1v) is 6.85. The number of nitrogens with zero attached hydrogens (tertiary/aromatic N) is 3.